The second kappa shape index (κ2) is 5.64. The number of thioether (sulfide) groups is 1. The number of hydrogen-bond donors (Lipinski definition) is 0. The van der Waals surface area contributed by atoms with Crippen molar-refractivity contribution < 1.29 is 13.2 Å². The Bertz CT molecular complexity index is 784. The maximum atomic E-state index is 12.8. The fraction of sp³-hybridized carbons (Fsp3) is 0.200. The molecule has 1 unspecified atom stereocenters. The van der Waals surface area contributed by atoms with Gasteiger partial charge in [0.25, 0.3) is 0 Å². The lowest BCUT2D eigenvalue weighted by molar-refractivity contribution is -0.137. The van der Waals surface area contributed by atoms with Crippen molar-refractivity contribution in [2.75, 3.05) is 0 Å². The second-order valence-corrected chi connectivity index (χ2v) is 6.11. The fourth-order valence-corrected chi connectivity index (χ4v) is 3.03. The van der Waals surface area contributed by atoms with Gasteiger partial charge in [0.05, 0.1) is 5.56 Å². The van der Waals surface area contributed by atoms with Gasteiger partial charge in [-0.1, -0.05) is 42.1 Å². The standard InChI is InChI=1S/C15H12F3N3S/c1-10(11-5-3-2-4-6-11)22-14-20-19-13-8-7-12(9-21(13)14)15(16,17)18/h2-10H,1H3. The predicted molar refractivity (Wildman–Crippen MR) is 78.7 cm³/mol. The number of pyridine rings is 1. The molecule has 0 aliphatic rings. The number of nitrogens with zero attached hydrogens (tertiary/aromatic N) is 3. The van der Waals surface area contributed by atoms with E-state index < -0.39 is 11.7 Å². The summed E-state index contributed by atoms with van der Waals surface area (Å²) < 4.78 is 39.8. The zero-order valence-electron chi connectivity index (χ0n) is 11.6. The number of hydrogen-bond acceptors (Lipinski definition) is 3. The fourth-order valence-electron chi connectivity index (χ4n) is 2.07. The third-order valence-corrected chi connectivity index (χ3v) is 4.36. The van der Waals surface area contributed by atoms with Crippen molar-refractivity contribution in [1.82, 2.24) is 14.6 Å². The molecule has 22 heavy (non-hydrogen) atoms. The molecule has 2 aromatic heterocycles. The van der Waals surface area contributed by atoms with E-state index in [9.17, 15) is 13.2 Å². The monoisotopic (exact) mass is 323 g/mol. The molecule has 3 nitrogen and oxygen atoms in total. The lowest BCUT2D eigenvalue weighted by Gasteiger charge is -2.11. The molecule has 0 aliphatic heterocycles. The van der Waals surface area contributed by atoms with Crippen LogP contribution in [0.25, 0.3) is 5.65 Å². The van der Waals surface area contributed by atoms with Crippen LogP contribution in [0.1, 0.15) is 23.3 Å². The molecule has 0 amide bonds. The van der Waals surface area contributed by atoms with Gasteiger partial charge in [0.2, 0.25) is 0 Å². The highest BCUT2D eigenvalue weighted by Gasteiger charge is 2.31. The van der Waals surface area contributed by atoms with E-state index in [2.05, 4.69) is 10.2 Å². The normalized spacial score (nSPS) is 13.5. The van der Waals surface area contributed by atoms with Crippen molar-refractivity contribution in [3.63, 3.8) is 0 Å². The molecule has 7 heteroatoms. The van der Waals surface area contributed by atoms with Crippen LogP contribution in [0.4, 0.5) is 13.2 Å². The smallest absolute Gasteiger partial charge is 0.277 e. The Labute approximate surface area is 129 Å². The van der Waals surface area contributed by atoms with Crippen LogP contribution in [-0.4, -0.2) is 14.6 Å². The quantitative estimate of drug-likeness (QED) is 0.660. The Hall–Kier alpha value is -2.02. The van der Waals surface area contributed by atoms with Gasteiger partial charge in [-0.05, 0) is 24.6 Å². The zero-order valence-corrected chi connectivity index (χ0v) is 12.4. The first-order valence-corrected chi connectivity index (χ1v) is 7.47. The molecule has 0 N–H and O–H groups in total. The van der Waals surface area contributed by atoms with Gasteiger partial charge in [0, 0.05) is 11.4 Å². The first-order chi connectivity index (χ1) is 10.4. The molecule has 0 bridgehead atoms. The van der Waals surface area contributed by atoms with Crippen LogP contribution in [0, 0.1) is 0 Å². The van der Waals surface area contributed by atoms with E-state index in [0.717, 1.165) is 17.8 Å². The highest BCUT2D eigenvalue weighted by Crippen LogP contribution is 2.35. The summed E-state index contributed by atoms with van der Waals surface area (Å²) in [6, 6.07) is 12.1. The molecule has 3 rings (SSSR count). The summed E-state index contributed by atoms with van der Waals surface area (Å²) in [6.07, 6.45) is -3.35. The van der Waals surface area contributed by atoms with Gasteiger partial charge >= 0.3 is 6.18 Å². The number of rotatable bonds is 3. The largest absolute Gasteiger partial charge is 0.417 e. The summed E-state index contributed by atoms with van der Waals surface area (Å²) in [7, 11) is 0. The number of alkyl halides is 3. The van der Waals surface area contributed by atoms with Crippen molar-refractivity contribution in [3.05, 3.63) is 59.8 Å². The third kappa shape index (κ3) is 2.94. The molecule has 0 saturated heterocycles. The van der Waals surface area contributed by atoms with Crippen molar-refractivity contribution in [2.24, 2.45) is 0 Å². The zero-order chi connectivity index (χ0) is 15.7. The molecule has 1 aromatic carbocycles. The molecule has 0 aliphatic carbocycles. The van der Waals surface area contributed by atoms with Crippen molar-refractivity contribution in [1.29, 1.82) is 0 Å². The summed E-state index contributed by atoms with van der Waals surface area (Å²) in [5, 5.41) is 8.41. The molecule has 0 saturated carbocycles. The van der Waals surface area contributed by atoms with Crippen LogP contribution in [0.2, 0.25) is 0 Å². The van der Waals surface area contributed by atoms with Crippen LogP contribution in [0.15, 0.2) is 53.8 Å². The van der Waals surface area contributed by atoms with E-state index in [-0.39, 0.29) is 5.25 Å². The number of fused-ring (bicyclic) bond motifs is 1. The maximum absolute atomic E-state index is 12.8. The molecule has 0 spiro atoms. The Balaban J connectivity index is 1.94. The highest BCUT2D eigenvalue weighted by atomic mass is 32.2. The van der Waals surface area contributed by atoms with Crippen molar-refractivity contribution in [2.45, 2.75) is 23.5 Å². The molecular weight excluding hydrogens is 311 g/mol. The summed E-state index contributed by atoms with van der Waals surface area (Å²) in [5.74, 6) is 0. The molecule has 0 fully saturated rings. The maximum Gasteiger partial charge on any atom is 0.417 e. The first kappa shape index (κ1) is 14.9. The van der Waals surface area contributed by atoms with E-state index in [1.807, 2.05) is 37.3 Å². The summed E-state index contributed by atoms with van der Waals surface area (Å²) in [6.45, 7) is 1.98. The third-order valence-electron chi connectivity index (χ3n) is 3.25. The minimum atomic E-state index is -4.38. The van der Waals surface area contributed by atoms with Crippen LogP contribution in [0.3, 0.4) is 0 Å². The minimum absolute atomic E-state index is 0.0585. The molecule has 0 radical (unpaired) electrons. The Kier molecular flexibility index (Phi) is 3.82. The minimum Gasteiger partial charge on any atom is -0.277 e. The highest BCUT2D eigenvalue weighted by molar-refractivity contribution is 7.99. The van der Waals surface area contributed by atoms with Crippen molar-refractivity contribution in [3.8, 4) is 0 Å². The number of benzene rings is 1. The lowest BCUT2D eigenvalue weighted by atomic mass is 10.2. The van der Waals surface area contributed by atoms with Crippen LogP contribution in [0.5, 0.6) is 0 Å². The second-order valence-electron chi connectivity index (χ2n) is 4.80. The van der Waals surface area contributed by atoms with Gasteiger partial charge in [-0.15, -0.1) is 10.2 Å². The van der Waals surface area contributed by atoms with E-state index >= 15 is 0 Å². The predicted octanol–water partition coefficient (Wildman–Crippen LogP) is 4.60. The van der Waals surface area contributed by atoms with E-state index in [1.165, 1.54) is 22.2 Å². The van der Waals surface area contributed by atoms with Gasteiger partial charge in [-0.3, -0.25) is 4.40 Å². The van der Waals surface area contributed by atoms with Gasteiger partial charge in [-0.2, -0.15) is 13.2 Å². The van der Waals surface area contributed by atoms with Crippen LogP contribution >= 0.6 is 11.8 Å². The average molecular weight is 323 g/mol. The average Bonchev–Trinajstić information content (AvgIpc) is 2.89. The van der Waals surface area contributed by atoms with Crippen LogP contribution < -0.4 is 0 Å². The Morgan fingerprint density at radius 1 is 1.05 bits per heavy atom. The van der Waals surface area contributed by atoms with Crippen molar-refractivity contribution >= 4 is 17.4 Å². The van der Waals surface area contributed by atoms with E-state index in [4.69, 9.17) is 0 Å². The molecule has 3 aromatic rings. The number of halogens is 3. The van der Waals surface area contributed by atoms with Gasteiger partial charge in [0.1, 0.15) is 0 Å². The molecule has 1 atom stereocenters. The van der Waals surface area contributed by atoms with E-state index in [1.54, 1.807) is 0 Å². The summed E-state index contributed by atoms with van der Waals surface area (Å²) in [4.78, 5) is 0. The topological polar surface area (TPSA) is 30.2 Å². The SMILES string of the molecule is CC(Sc1nnc2ccc(C(F)(F)F)cn12)c1ccccc1. The molecular formula is C15H12F3N3S. The number of aromatic nitrogens is 3. The molecule has 2 heterocycles. The Morgan fingerprint density at radius 3 is 2.45 bits per heavy atom. The summed E-state index contributed by atoms with van der Waals surface area (Å²) >= 11 is 1.37. The van der Waals surface area contributed by atoms with Gasteiger partial charge in [0.15, 0.2) is 10.8 Å². The Morgan fingerprint density at radius 2 is 1.77 bits per heavy atom. The molecule has 114 valence electrons. The first-order valence-electron chi connectivity index (χ1n) is 6.59. The van der Waals surface area contributed by atoms with E-state index in [0.29, 0.717) is 10.8 Å². The van der Waals surface area contributed by atoms with Gasteiger partial charge < -0.3 is 0 Å². The van der Waals surface area contributed by atoms with Crippen LogP contribution in [-0.2, 0) is 6.18 Å². The lowest BCUT2D eigenvalue weighted by Crippen LogP contribution is -2.06. The van der Waals surface area contributed by atoms with Gasteiger partial charge in [-0.25, -0.2) is 0 Å². The summed E-state index contributed by atoms with van der Waals surface area (Å²) in [5.41, 5.74) is 0.765.